The van der Waals surface area contributed by atoms with E-state index in [0.717, 1.165) is 11.4 Å². The van der Waals surface area contributed by atoms with E-state index in [4.69, 9.17) is 15.8 Å². The summed E-state index contributed by atoms with van der Waals surface area (Å²) >= 11 is 9.26. The second-order valence-electron chi connectivity index (χ2n) is 13.9. The van der Waals surface area contributed by atoms with E-state index >= 15 is 0 Å². The van der Waals surface area contributed by atoms with Crippen molar-refractivity contribution < 1.29 is 38.9 Å². The molecule has 0 amide bonds. The number of isothiocyanates is 1. The molecule has 5 heterocycles. The molecule has 0 bridgehead atoms. The number of nitrogens with zero attached hydrogens (tertiary/aromatic N) is 6. The van der Waals surface area contributed by atoms with Crippen LogP contribution in [-0.4, -0.2) is 42.6 Å². The maximum absolute atomic E-state index is 10.8. The summed E-state index contributed by atoms with van der Waals surface area (Å²) in [6, 6.07) is 36.9. The summed E-state index contributed by atoms with van der Waals surface area (Å²) in [6.07, 6.45) is 14.0. The number of hydrogen-bond donors (Lipinski definition) is 1. The van der Waals surface area contributed by atoms with Crippen LogP contribution in [0.2, 0.25) is 0 Å². The van der Waals surface area contributed by atoms with Gasteiger partial charge in [0.1, 0.15) is 5.75 Å². The van der Waals surface area contributed by atoms with Crippen LogP contribution >= 0.6 is 23.6 Å². The van der Waals surface area contributed by atoms with Crippen molar-refractivity contribution in [2.24, 2.45) is 0 Å². The minimum absolute atomic E-state index is 0. The first-order valence-corrected chi connectivity index (χ1v) is 21.4. The Morgan fingerprint density at radius 1 is 0.762 bits per heavy atom. The van der Waals surface area contributed by atoms with E-state index in [0.29, 0.717) is 23.6 Å². The number of unbranched alkanes of at least 4 members (excludes halogenated alkanes) is 2. The second-order valence-corrected chi connectivity index (χ2v) is 15.4. The Bertz CT molecular complexity index is 2670. The quantitative estimate of drug-likeness (QED) is 0.0292. The number of thiocyanates is 1. The molecule has 0 unspecified atom stereocenters. The molecule has 0 fully saturated rings. The van der Waals surface area contributed by atoms with Crippen molar-refractivity contribution >= 4 is 53.8 Å². The fraction of sp³-hybridized carbons (Fsp3) is 0.184. The molecule has 0 spiro atoms. The van der Waals surface area contributed by atoms with Gasteiger partial charge in [-0.2, -0.15) is 5.16 Å². The number of aromatic nitrogens is 4. The van der Waals surface area contributed by atoms with Crippen LogP contribution in [0.25, 0.3) is 60.2 Å². The number of nitriles is 1. The fourth-order valence-electron chi connectivity index (χ4n) is 7.50. The molecule has 1 aliphatic carbocycles. The first kappa shape index (κ1) is 49.5. The number of benzene rings is 2. The molecule has 0 saturated heterocycles. The first-order valence-electron chi connectivity index (χ1n) is 19.8. The number of carbonyl (C=O) groups excluding carboxylic acids is 1. The maximum Gasteiger partial charge on any atom is 2.00 e. The minimum atomic E-state index is -1.04. The van der Waals surface area contributed by atoms with Crippen LogP contribution in [0, 0.1) is 10.7 Å². The molecule has 0 atom stereocenters. The molecule has 2 aromatic carbocycles. The number of fused-ring (bicyclic) bond motifs is 3. The van der Waals surface area contributed by atoms with E-state index in [9.17, 15) is 9.59 Å². The zero-order valence-electron chi connectivity index (χ0n) is 34.5. The molecule has 8 rings (SSSR count). The zero-order valence-corrected chi connectivity index (χ0v) is 38.6. The zero-order chi connectivity index (χ0) is 44.3. The van der Waals surface area contributed by atoms with E-state index in [-0.39, 0.29) is 30.5 Å². The van der Waals surface area contributed by atoms with E-state index in [1.54, 1.807) is 5.56 Å². The van der Waals surface area contributed by atoms with Gasteiger partial charge in [-0.3, -0.25) is 24.7 Å². The molecular formula is C49H42N6O4RuS3. The molecule has 7 aromatic rings. The van der Waals surface area contributed by atoms with Crippen LogP contribution in [-0.2, 0) is 42.3 Å². The number of carbonyl (C=O) groups is 2. The first-order chi connectivity index (χ1) is 30.3. The third-order valence-corrected chi connectivity index (χ3v) is 11.4. The van der Waals surface area contributed by atoms with Crippen molar-refractivity contribution in [3.63, 3.8) is 0 Å². The summed E-state index contributed by atoms with van der Waals surface area (Å²) < 4.78 is 4.68. The van der Waals surface area contributed by atoms with E-state index in [2.05, 4.69) is 130 Å². The summed E-state index contributed by atoms with van der Waals surface area (Å²) in [7, 11) is 0. The third kappa shape index (κ3) is 12.5. The van der Waals surface area contributed by atoms with Gasteiger partial charge in [0.15, 0.2) is 0 Å². The summed E-state index contributed by atoms with van der Waals surface area (Å²) in [5.74, 6) is -0.725. The SMILES string of the molecule is CCCCC1(CCCC)c2ccccc2-c2ccc(-c3ccc(-c4ccnc(-c5ccccn5)c4)s3)cc21.N#C[S-].O=COc1ccnc(-c2cc(C(=O)O)ccn2)c1.[N-]=C=S.[Ru+2]. The minimum Gasteiger partial charge on any atom is -0.753 e. The third-order valence-electron chi connectivity index (χ3n) is 10.2. The predicted octanol–water partition coefficient (Wildman–Crippen LogP) is 12.2. The van der Waals surface area contributed by atoms with Gasteiger partial charge in [-0.15, -0.1) is 11.3 Å². The number of carboxylic acid groups (broad SMARTS) is 1. The average molecular weight is 976 g/mol. The van der Waals surface area contributed by atoms with Gasteiger partial charge in [0, 0.05) is 46.0 Å². The Kier molecular flexibility index (Phi) is 19.7. The Morgan fingerprint density at radius 3 is 1.94 bits per heavy atom. The number of ether oxygens (including phenoxy) is 1. The number of rotatable bonds is 13. The largest absolute Gasteiger partial charge is 2.00 e. The standard InChI is InChI=1S/C35H34N2S.C12H8N2O4.CHNS.CNS.Ru/c1-3-5-19-35(20-6-4-2)29-12-8-7-11-27(29)28-15-14-25(23-30(28)35)33-16-17-34(38-33)26-18-22-37-32(24-26)31-13-9-10-21-36-31;15-7-18-9-2-4-14-11(6-9)10-5-8(12(16)17)1-3-13-10;2*2-1-3;/h7-18,21-24H,3-6,19-20H2,1-2H3;1-7H,(H,16,17);3H;;/q;;;-1;+2/p-1. The summed E-state index contributed by atoms with van der Waals surface area (Å²) in [5.41, 5.74) is 11.3. The molecule has 14 heteroatoms. The van der Waals surface area contributed by atoms with Crippen LogP contribution in [0.5, 0.6) is 5.75 Å². The monoisotopic (exact) mass is 976 g/mol. The molecule has 1 N–H and O–H groups in total. The molecule has 63 heavy (non-hydrogen) atoms. The predicted molar refractivity (Wildman–Crippen MR) is 252 cm³/mol. The fourth-order valence-corrected chi connectivity index (χ4v) is 8.50. The number of carboxylic acids is 1. The van der Waals surface area contributed by atoms with Gasteiger partial charge in [-0.25, -0.2) is 10.1 Å². The van der Waals surface area contributed by atoms with Gasteiger partial charge < -0.3 is 27.9 Å². The number of thiocarbonyl (C=S) groups is 1. The number of hydrogen-bond acceptors (Lipinski definition) is 11. The van der Waals surface area contributed by atoms with Crippen molar-refractivity contribution in [3.8, 4) is 65.9 Å². The molecule has 5 aromatic heterocycles. The van der Waals surface area contributed by atoms with Crippen molar-refractivity contribution in [2.75, 3.05) is 0 Å². The molecule has 0 saturated carbocycles. The van der Waals surface area contributed by atoms with Crippen molar-refractivity contribution in [3.05, 3.63) is 156 Å². The van der Waals surface area contributed by atoms with E-state index < -0.39 is 5.97 Å². The van der Waals surface area contributed by atoms with Gasteiger partial charge >= 0.3 is 25.4 Å². The molecule has 318 valence electrons. The normalized spacial score (nSPS) is 11.1. The van der Waals surface area contributed by atoms with E-state index in [1.165, 1.54) is 123 Å². The van der Waals surface area contributed by atoms with Gasteiger partial charge in [0.25, 0.3) is 6.47 Å². The maximum atomic E-state index is 10.8. The topological polar surface area (TPSA) is 161 Å². The molecule has 0 radical (unpaired) electrons. The van der Waals surface area contributed by atoms with Crippen molar-refractivity contribution in [1.82, 2.24) is 19.9 Å². The number of aromatic carboxylic acids is 1. The van der Waals surface area contributed by atoms with Crippen molar-refractivity contribution in [2.45, 2.75) is 57.8 Å². The Balaban J connectivity index is 0.000000292. The van der Waals surface area contributed by atoms with Gasteiger partial charge in [-0.05, 0) is 107 Å². The van der Waals surface area contributed by atoms with Crippen LogP contribution in [0.3, 0.4) is 0 Å². The van der Waals surface area contributed by atoms with Crippen LogP contribution in [0.4, 0.5) is 0 Å². The van der Waals surface area contributed by atoms with Crippen LogP contribution < -0.4 is 4.74 Å². The van der Waals surface area contributed by atoms with Crippen molar-refractivity contribution in [1.29, 1.82) is 5.26 Å². The number of pyridine rings is 4. The number of thiophene rings is 1. The Labute approximate surface area is 395 Å². The molecule has 0 aliphatic heterocycles. The van der Waals surface area contributed by atoms with Crippen LogP contribution in [0.15, 0.2) is 134 Å². The molecule has 10 nitrogen and oxygen atoms in total. The summed E-state index contributed by atoms with van der Waals surface area (Å²) in [5, 5.41) is 25.8. The molecule has 1 aliphatic rings. The second kappa shape index (κ2) is 25.1. The Morgan fingerprint density at radius 2 is 1.32 bits per heavy atom. The summed E-state index contributed by atoms with van der Waals surface area (Å²) in [6.45, 7) is 4.94. The summed E-state index contributed by atoms with van der Waals surface area (Å²) in [4.78, 5) is 40.7. The van der Waals surface area contributed by atoms with Gasteiger partial charge in [-0.1, -0.05) is 99.6 Å². The smallest absolute Gasteiger partial charge is 0.753 e. The molecular weight excluding hydrogens is 934 g/mol. The van der Waals surface area contributed by atoms with Gasteiger partial charge in [0.05, 0.1) is 28.3 Å². The average Bonchev–Trinajstić information content (AvgIpc) is 3.91. The van der Waals surface area contributed by atoms with Crippen LogP contribution in [0.1, 0.15) is 73.9 Å². The van der Waals surface area contributed by atoms with Gasteiger partial charge in [0.2, 0.25) is 0 Å². The Hall–Kier alpha value is -6.19. The van der Waals surface area contributed by atoms with E-state index in [1.807, 2.05) is 41.9 Å².